The summed E-state index contributed by atoms with van der Waals surface area (Å²) in [7, 11) is 0. The van der Waals surface area contributed by atoms with Gasteiger partial charge in [0.05, 0.1) is 0 Å². The fraction of sp³-hybridized carbons (Fsp3) is 0.524. The lowest BCUT2D eigenvalue weighted by Gasteiger charge is -2.37. The average molecular weight is 380 g/mol. The van der Waals surface area contributed by atoms with Gasteiger partial charge in [-0.3, -0.25) is 9.78 Å². The molecule has 0 aromatic carbocycles. The zero-order valence-electron chi connectivity index (χ0n) is 16.5. The van der Waals surface area contributed by atoms with E-state index >= 15 is 0 Å². The molecule has 148 valence electrons. The first-order valence-electron chi connectivity index (χ1n) is 10.3. The molecule has 2 aromatic rings. The average Bonchev–Trinajstić information content (AvgIpc) is 2.79. The Morgan fingerprint density at radius 1 is 1.00 bits per heavy atom. The number of rotatable bonds is 4. The minimum atomic E-state index is 0.0738. The zero-order valence-corrected chi connectivity index (χ0v) is 16.5. The van der Waals surface area contributed by atoms with Gasteiger partial charge in [0, 0.05) is 63.0 Å². The summed E-state index contributed by atoms with van der Waals surface area (Å²) >= 11 is 0. The van der Waals surface area contributed by atoms with Crippen LogP contribution in [-0.4, -0.2) is 64.5 Å². The Labute approximate surface area is 166 Å². The highest BCUT2D eigenvalue weighted by Gasteiger charge is 2.27. The van der Waals surface area contributed by atoms with Gasteiger partial charge in [-0.15, -0.1) is 0 Å². The number of carbonyl (C=O) groups is 1. The Hall–Kier alpha value is -2.70. The highest BCUT2D eigenvalue weighted by atomic mass is 16.2. The SMILES string of the molecule is CCC1CCCCN1C(=O)c1cc(N2CCN(c3ncccn3)CC2)ccn1. The number of anilines is 2. The van der Waals surface area contributed by atoms with Gasteiger partial charge >= 0.3 is 0 Å². The molecule has 7 heteroatoms. The lowest BCUT2D eigenvalue weighted by molar-refractivity contribution is 0.0602. The van der Waals surface area contributed by atoms with Gasteiger partial charge in [0.2, 0.25) is 5.95 Å². The Morgan fingerprint density at radius 2 is 1.75 bits per heavy atom. The summed E-state index contributed by atoms with van der Waals surface area (Å²) in [6.07, 6.45) is 9.73. The van der Waals surface area contributed by atoms with Gasteiger partial charge in [-0.1, -0.05) is 6.92 Å². The van der Waals surface area contributed by atoms with Crippen LogP contribution < -0.4 is 9.80 Å². The molecule has 0 radical (unpaired) electrons. The third-order valence-corrected chi connectivity index (χ3v) is 5.80. The third-order valence-electron chi connectivity index (χ3n) is 5.80. The quantitative estimate of drug-likeness (QED) is 0.812. The smallest absolute Gasteiger partial charge is 0.272 e. The van der Waals surface area contributed by atoms with Crippen LogP contribution in [0.4, 0.5) is 11.6 Å². The predicted octanol–water partition coefficient (Wildman–Crippen LogP) is 2.60. The Balaban J connectivity index is 1.43. The fourth-order valence-electron chi connectivity index (χ4n) is 4.19. The van der Waals surface area contributed by atoms with Crippen molar-refractivity contribution in [2.45, 2.75) is 38.6 Å². The highest BCUT2D eigenvalue weighted by molar-refractivity contribution is 5.93. The number of piperazine rings is 1. The summed E-state index contributed by atoms with van der Waals surface area (Å²) in [6, 6.07) is 6.14. The summed E-state index contributed by atoms with van der Waals surface area (Å²) in [6.45, 7) is 6.47. The normalized spacial score (nSPS) is 20.3. The number of hydrogen-bond donors (Lipinski definition) is 0. The van der Waals surface area contributed by atoms with E-state index in [-0.39, 0.29) is 5.91 Å². The van der Waals surface area contributed by atoms with Gasteiger partial charge in [-0.2, -0.15) is 0 Å². The number of aromatic nitrogens is 3. The fourth-order valence-corrected chi connectivity index (χ4v) is 4.19. The molecule has 2 fully saturated rings. The van der Waals surface area contributed by atoms with E-state index in [0.717, 1.165) is 63.6 Å². The number of nitrogens with zero attached hydrogens (tertiary/aromatic N) is 6. The lowest BCUT2D eigenvalue weighted by atomic mass is 9.99. The minimum absolute atomic E-state index is 0.0738. The molecular weight excluding hydrogens is 352 g/mol. The van der Waals surface area contributed by atoms with E-state index in [1.807, 2.05) is 23.1 Å². The molecular formula is C21H28N6O. The summed E-state index contributed by atoms with van der Waals surface area (Å²) in [4.78, 5) is 32.7. The molecule has 7 nitrogen and oxygen atoms in total. The standard InChI is InChI=1S/C21H28N6O/c1-2-17-6-3-4-11-27(17)20(28)19-16-18(7-10-22-19)25-12-14-26(15-13-25)21-23-8-5-9-24-21/h5,7-10,16-17H,2-4,6,11-15H2,1H3. The van der Waals surface area contributed by atoms with Crippen molar-refractivity contribution in [3.63, 3.8) is 0 Å². The summed E-state index contributed by atoms with van der Waals surface area (Å²) < 4.78 is 0. The van der Waals surface area contributed by atoms with Crippen LogP contribution in [-0.2, 0) is 0 Å². The van der Waals surface area contributed by atoms with Crippen molar-refractivity contribution in [3.05, 3.63) is 42.5 Å². The van der Waals surface area contributed by atoms with E-state index in [4.69, 9.17) is 0 Å². The van der Waals surface area contributed by atoms with E-state index in [0.29, 0.717) is 11.7 Å². The third kappa shape index (κ3) is 3.93. The van der Waals surface area contributed by atoms with Crippen molar-refractivity contribution >= 4 is 17.5 Å². The van der Waals surface area contributed by atoms with Crippen molar-refractivity contribution in [3.8, 4) is 0 Å². The van der Waals surface area contributed by atoms with Gasteiger partial charge in [0.1, 0.15) is 5.69 Å². The Bertz CT molecular complexity index is 790. The van der Waals surface area contributed by atoms with E-state index in [9.17, 15) is 4.79 Å². The number of hydrogen-bond acceptors (Lipinski definition) is 6. The molecule has 28 heavy (non-hydrogen) atoms. The van der Waals surface area contributed by atoms with Crippen LogP contribution in [0.3, 0.4) is 0 Å². The van der Waals surface area contributed by atoms with E-state index < -0.39 is 0 Å². The first kappa shape index (κ1) is 18.7. The van der Waals surface area contributed by atoms with E-state index in [2.05, 4.69) is 31.7 Å². The van der Waals surface area contributed by atoms with Crippen LogP contribution in [0.2, 0.25) is 0 Å². The molecule has 0 saturated carbocycles. The molecule has 0 bridgehead atoms. The van der Waals surface area contributed by atoms with Gasteiger partial charge < -0.3 is 14.7 Å². The van der Waals surface area contributed by atoms with Crippen LogP contribution in [0.1, 0.15) is 43.1 Å². The number of amides is 1. The molecule has 0 spiro atoms. The molecule has 1 atom stereocenters. The maximum Gasteiger partial charge on any atom is 0.272 e. The van der Waals surface area contributed by atoms with Crippen LogP contribution in [0.25, 0.3) is 0 Å². The molecule has 2 aromatic heterocycles. The summed E-state index contributed by atoms with van der Waals surface area (Å²) in [5, 5.41) is 0. The first-order valence-corrected chi connectivity index (χ1v) is 10.3. The number of carbonyl (C=O) groups excluding carboxylic acids is 1. The zero-order chi connectivity index (χ0) is 19.3. The predicted molar refractivity (Wildman–Crippen MR) is 110 cm³/mol. The molecule has 2 saturated heterocycles. The number of pyridine rings is 1. The van der Waals surface area contributed by atoms with Gasteiger partial charge in [-0.05, 0) is 43.9 Å². The molecule has 4 heterocycles. The van der Waals surface area contributed by atoms with Crippen molar-refractivity contribution in [1.29, 1.82) is 0 Å². The molecule has 1 amide bonds. The Kier molecular flexibility index (Phi) is 5.69. The van der Waals surface area contributed by atoms with Gasteiger partial charge in [0.25, 0.3) is 5.91 Å². The molecule has 2 aliphatic rings. The van der Waals surface area contributed by atoms with Crippen LogP contribution in [0.5, 0.6) is 0 Å². The monoisotopic (exact) mass is 380 g/mol. The second-order valence-corrected chi connectivity index (χ2v) is 7.48. The number of likely N-dealkylation sites (tertiary alicyclic amines) is 1. The molecule has 4 rings (SSSR count). The van der Waals surface area contributed by atoms with E-state index in [1.165, 1.54) is 6.42 Å². The molecule has 1 unspecified atom stereocenters. The number of piperidine rings is 1. The maximum atomic E-state index is 13.1. The first-order chi connectivity index (χ1) is 13.8. The Morgan fingerprint density at radius 3 is 2.50 bits per heavy atom. The van der Waals surface area contributed by atoms with Crippen LogP contribution >= 0.6 is 0 Å². The molecule has 2 aliphatic heterocycles. The topological polar surface area (TPSA) is 65.5 Å². The van der Waals surface area contributed by atoms with Crippen molar-refractivity contribution < 1.29 is 4.79 Å². The van der Waals surface area contributed by atoms with Crippen molar-refractivity contribution in [1.82, 2.24) is 19.9 Å². The van der Waals surface area contributed by atoms with E-state index in [1.54, 1.807) is 18.6 Å². The summed E-state index contributed by atoms with van der Waals surface area (Å²) in [5.74, 6) is 0.855. The van der Waals surface area contributed by atoms with Gasteiger partial charge in [0.15, 0.2) is 0 Å². The second kappa shape index (κ2) is 8.54. The minimum Gasteiger partial charge on any atom is -0.368 e. The highest BCUT2D eigenvalue weighted by Crippen LogP contribution is 2.23. The molecule has 0 N–H and O–H groups in total. The van der Waals surface area contributed by atoms with Crippen molar-refractivity contribution in [2.75, 3.05) is 42.5 Å². The largest absolute Gasteiger partial charge is 0.368 e. The van der Waals surface area contributed by atoms with Gasteiger partial charge in [-0.25, -0.2) is 9.97 Å². The van der Waals surface area contributed by atoms with Crippen molar-refractivity contribution in [2.24, 2.45) is 0 Å². The summed E-state index contributed by atoms with van der Waals surface area (Å²) in [5.41, 5.74) is 1.63. The molecule has 0 aliphatic carbocycles. The van der Waals surface area contributed by atoms with Crippen LogP contribution in [0.15, 0.2) is 36.8 Å². The lowest BCUT2D eigenvalue weighted by Crippen LogP contribution is -2.47. The second-order valence-electron chi connectivity index (χ2n) is 7.48. The van der Waals surface area contributed by atoms with Crippen LogP contribution in [0, 0.1) is 0 Å². The maximum absolute atomic E-state index is 13.1.